The molecule has 7 heavy (non-hydrogen) atoms. The van der Waals surface area contributed by atoms with Gasteiger partial charge in [0, 0.05) is 0 Å². The molecule has 1 nitrogen and oxygen atoms in total. The average molecular weight is 115 g/mol. The van der Waals surface area contributed by atoms with Crippen molar-refractivity contribution < 1.29 is 3.79 Å². The van der Waals surface area contributed by atoms with Gasteiger partial charge < -0.3 is 0 Å². The van der Waals surface area contributed by atoms with Crippen molar-refractivity contribution in [1.29, 1.82) is 0 Å². The summed E-state index contributed by atoms with van der Waals surface area (Å²) in [6.45, 7) is 4.43. The topological polar surface area (TPSA) is 9.23 Å². The summed E-state index contributed by atoms with van der Waals surface area (Å²) in [6.07, 6.45) is 0. The summed E-state index contributed by atoms with van der Waals surface area (Å²) in [6, 6.07) is 0. The second kappa shape index (κ2) is 4.65. The van der Waals surface area contributed by atoms with Crippen molar-refractivity contribution in [3.8, 4) is 0 Å². The molecule has 0 amide bonds. The van der Waals surface area contributed by atoms with Gasteiger partial charge in [0.1, 0.15) is 0 Å². The molecule has 0 aliphatic rings. The molecule has 0 heterocycles. The van der Waals surface area contributed by atoms with Gasteiger partial charge in [0.15, 0.2) is 0 Å². The number of rotatable bonds is 3. The van der Waals surface area contributed by atoms with Crippen LogP contribution in [-0.4, -0.2) is 22.7 Å². The number of hydrogen-bond acceptors (Lipinski definition) is 1. The quantitative estimate of drug-likeness (QED) is 0.504. The van der Waals surface area contributed by atoms with Gasteiger partial charge in [-0.05, 0) is 0 Å². The third-order valence-electron chi connectivity index (χ3n) is 0.734. The van der Waals surface area contributed by atoms with Crippen LogP contribution in [0.3, 0.4) is 0 Å². The fourth-order valence-electron chi connectivity index (χ4n) is 0.289. The Hall–Kier alpha value is 0.492. The van der Waals surface area contributed by atoms with Crippen LogP contribution in [0.5, 0.6) is 0 Å². The molecule has 0 aromatic carbocycles. The van der Waals surface area contributed by atoms with Crippen molar-refractivity contribution in [2.24, 2.45) is 5.92 Å². The molecule has 0 spiro atoms. The summed E-state index contributed by atoms with van der Waals surface area (Å²) in [5.74, 6) is 0.815. The van der Waals surface area contributed by atoms with Crippen LogP contribution in [-0.2, 0) is 3.79 Å². The van der Waals surface area contributed by atoms with Gasteiger partial charge in [-0.25, -0.2) is 0 Å². The molecule has 0 atom stereocenters. The van der Waals surface area contributed by atoms with Crippen molar-refractivity contribution in [1.82, 2.24) is 0 Å². The number of hydrogen-bond donors (Lipinski definition) is 0. The van der Waals surface area contributed by atoms with E-state index in [0.29, 0.717) is 0 Å². The molecule has 0 aliphatic carbocycles. The van der Waals surface area contributed by atoms with Crippen LogP contribution in [0.15, 0.2) is 0 Å². The molecule has 0 fully saturated rings. The minimum absolute atomic E-state index is 0.285. The first-order valence-corrected chi connectivity index (χ1v) is 3.90. The second-order valence-electron chi connectivity index (χ2n) is 2.03. The maximum absolute atomic E-state index is 4.94. The standard InChI is InChI=1S/C4H9.CH3O.Al/c1-4(2)3;1-2;/h4H,1H2,2-3H3;1H3;/q;-1;+2. The van der Waals surface area contributed by atoms with Crippen LogP contribution >= 0.6 is 0 Å². The molecule has 0 saturated heterocycles. The van der Waals surface area contributed by atoms with Gasteiger partial charge in [-0.1, -0.05) is 0 Å². The van der Waals surface area contributed by atoms with Crippen LogP contribution in [0.25, 0.3) is 0 Å². The Bertz CT molecular complexity index is 37.1. The minimum atomic E-state index is 0.285. The van der Waals surface area contributed by atoms with Crippen LogP contribution in [0, 0.1) is 5.92 Å². The zero-order valence-corrected chi connectivity index (χ0v) is 6.42. The first-order valence-electron chi connectivity index (χ1n) is 2.62. The summed E-state index contributed by atoms with van der Waals surface area (Å²) in [5.41, 5.74) is 0. The molecular formula is C5H12AlO+. The van der Waals surface area contributed by atoms with E-state index in [1.807, 2.05) is 0 Å². The van der Waals surface area contributed by atoms with Gasteiger partial charge in [-0.2, -0.15) is 0 Å². The molecule has 2 heteroatoms. The molecular weight excluding hydrogens is 103 g/mol. The van der Waals surface area contributed by atoms with Gasteiger partial charge in [-0.3, -0.25) is 0 Å². The molecule has 0 unspecified atom stereocenters. The van der Waals surface area contributed by atoms with E-state index in [2.05, 4.69) is 13.8 Å². The fourth-order valence-corrected chi connectivity index (χ4v) is 0.866. The van der Waals surface area contributed by atoms with Gasteiger partial charge in [0.25, 0.3) is 0 Å². The maximum atomic E-state index is 4.94. The molecule has 0 bridgehead atoms. The van der Waals surface area contributed by atoms with Gasteiger partial charge in [0.05, 0.1) is 0 Å². The Kier molecular flexibility index (Phi) is 4.97. The Morgan fingerprint density at radius 2 is 2.14 bits per heavy atom. The summed E-state index contributed by atoms with van der Waals surface area (Å²) in [5, 5.41) is 1.26. The summed E-state index contributed by atoms with van der Waals surface area (Å²) < 4.78 is 4.94. The summed E-state index contributed by atoms with van der Waals surface area (Å²) >= 11 is 0.285. The Balaban J connectivity index is 2.68. The van der Waals surface area contributed by atoms with E-state index in [9.17, 15) is 0 Å². The van der Waals surface area contributed by atoms with E-state index in [-0.39, 0.29) is 15.6 Å². The van der Waals surface area contributed by atoms with Crippen molar-refractivity contribution in [3.05, 3.63) is 0 Å². The predicted octanol–water partition coefficient (Wildman–Crippen LogP) is 1.33. The zero-order valence-electron chi connectivity index (χ0n) is 5.27. The molecule has 40 valence electrons. The van der Waals surface area contributed by atoms with Gasteiger partial charge in [0.2, 0.25) is 0 Å². The predicted molar refractivity (Wildman–Crippen MR) is 32.4 cm³/mol. The second-order valence-corrected chi connectivity index (χ2v) is 3.31. The molecule has 0 aromatic heterocycles. The van der Waals surface area contributed by atoms with Crippen molar-refractivity contribution in [2.75, 3.05) is 7.11 Å². The van der Waals surface area contributed by atoms with E-state index in [1.54, 1.807) is 7.11 Å². The normalized spacial score (nSPS) is 9.14. The van der Waals surface area contributed by atoms with Crippen LogP contribution in [0.1, 0.15) is 13.8 Å². The average Bonchev–Trinajstić information content (AvgIpc) is 1.61. The van der Waals surface area contributed by atoms with E-state index < -0.39 is 0 Å². The first-order chi connectivity index (χ1) is 3.27. The molecule has 0 N–H and O–H groups in total. The van der Waals surface area contributed by atoms with E-state index >= 15 is 0 Å². The van der Waals surface area contributed by atoms with Crippen LogP contribution in [0.4, 0.5) is 0 Å². The monoisotopic (exact) mass is 115 g/mol. The van der Waals surface area contributed by atoms with Gasteiger partial charge >= 0.3 is 51.5 Å². The fraction of sp³-hybridized carbons (Fsp3) is 1.00. The van der Waals surface area contributed by atoms with Crippen molar-refractivity contribution in [2.45, 2.75) is 19.1 Å². The summed E-state index contributed by atoms with van der Waals surface area (Å²) in [4.78, 5) is 0. The van der Waals surface area contributed by atoms with Crippen LogP contribution in [0.2, 0.25) is 5.28 Å². The molecule has 0 saturated carbocycles. The summed E-state index contributed by atoms with van der Waals surface area (Å²) in [7, 11) is 1.78. The van der Waals surface area contributed by atoms with Crippen molar-refractivity contribution in [3.63, 3.8) is 0 Å². The van der Waals surface area contributed by atoms with E-state index in [4.69, 9.17) is 3.79 Å². The molecule has 0 aliphatic heterocycles. The van der Waals surface area contributed by atoms with Crippen LogP contribution < -0.4 is 0 Å². The third-order valence-corrected chi connectivity index (χ3v) is 2.20. The van der Waals surface area contributed by atoms with Crippen molar-refractivity contribution >= 4 is 15.6 Å². The Labute approximate surface area is 52.1 Å². The first kappa shape index (κ1) is 7.49. The third kappa shape index (κ3) is 6.49. The van der Waals surface area contributed by atoms with E-state index in [1.165, 1.54) is 5.28 Å². The SMILES string of the molecule is C[O][Al+][CH2]C(C)C. The molecule has 0 rings (SSSR count). The zero-order chi connectivity index (χ0) is 5.70. The molecule has 0 radical (unpaired) electrons. The van der Waals surface area contributed by atoms with E-state index in [0.717, 1.165) is 5.92 Å². The Morgan fingerprint density at radius 1 is 1.57 bits per heavy atom. The Morgan fingerprint density at radius 3 is 2.29 bits per heavy atom. The molecule has 0 aromatic rings. The van der Waals surface area contributed by atoms with Gasteiger partial charge in [-0.15, -0.1) is 0 Å².